The number of hydrogen-bond donors (Lipinski definition) is 2. The zero-order chi connectivity index (χ0) is 26.1. The van der Waals surface area contributed by atoms with Crippen molar-refractivity contribution in [3.05, 3.63) is 59.3 Å². The molecule has 2 aromatic carbocycles. The predicted octanol–water partition coefficient (Wildman–Crippen LogP) is 4.89. The van der Waals surface area contributed by atoms with Crippen LogP contribution in [0.25, 0.3) is 11.3 Å². The molecule has 3 saturated heterocycles. The lowest BCUT2D eigenvalue weighted by molar-refractivity contribution is 0.0303. The van der Waals surface area contributed by atoms with Gasteiger partial charge in [-0.1, -0.05) is 6.07 Å². The smallest absolute Gasteiger partial charge is 0.170 e. The van der Waals surface area contributed by atoms with Crippen LogP contribution in [0.15, 0.2) is 42.5 Å². The monoisotopic (exact) mass is 519 g/mol. The molecule has 3 aliphatic rings. The van der Waals surface area contributed by atoms with E-state index in [2.05, 4.69) is 65.4 Å². The Balaban J connectivity index is 1.23. The lowest BCUT2D eigenvalue weighted by Gasteiger charge is -2.50. The maximum Gasteiger partial charge on any atom is 0.170 e. The van der Waals surface area contributed by atoms with E-state index in [1.54, 1.807) is 14.2 Å². The predicted molar refractivity (Wildman–Crippen MR) is 153 cm³/mol. The number of aromatic nitrogens is 2. The number of benzene rings is 2. The van der Waals surface area contributed by atoms with E-state index in [0.717, 1.165) is 48.1 Å². The number of aryl methyl sites for hydroxylation is 3. The molecule has 7 nitrogen and oxygen atoms in total. The first-order chi connectivity index (χ1) is 17.8. The van der Waals surface area contributed by atoms with Gasteiger partial charge in [0.15, 0.2) is 16.6 Å². The third-order valence-electron chi connectivity index (χ3n) is 7.83. The van der Waals surface area contributed by atoms with Gasteiger partial charge in [-0.05, 0) is 98.9 Å². The summed E-state index contributed by atoms with van der Waals surface area (Å²) in [4.78, 5) is 2.63. The largest absolute Gasteiger partial charge is 0.493 e. The lowest BCUT2D eigenvalue weighted by atomic mass is 9.74. The molecule has 1 aromatic heterocycles. The van der Waals surface area contributed by atoms with Gasteiger partial charge in [0, 0.05) is 49.0 Å². The molecule has 0 radical (unpaired) electrons. The minimum Gasteiger partial charge on any atom is -0.493 e. The molecule has 8 heteroatoms. The Kier molecular flexibility index (Phi) is 7.40. The highest BCUT2D eigenvalue weighted by atomic mass is 32.1. The molecule has 6 rings (SSSR count). The maximum absolute atomic E-state index is 5.61. The van der Waals surface area contributed by atoms with Crippen LogP contribution < -0.4 is 20.1 Å². The number of ether oxygens (including phenoxy) is 2. The van der Waals surface area contributed by atoms with Gasteiger partial charge in [0.1, 0.15) is 0 Å². The summed E-state index contributed by atoms with van der Waals surface area (Å²) >= 11 is 5.61. The topological polar surface area (TPSA) is 63.6 Å². The number of anilines is 1. The van der Waals surface area contributed by atoms with Crippen LogP contribution in [-0.4, -0.2) is 59.7 Å². The fourth-order valence-electron chi connectivity index (χ4n) is 6.08. The summed E-state index contributed by atoms with van der Waals surface area (Å²) in [5, 5.41) is 12.4. The first-order valence-corrected chi connectivity index (χ1v) is 13.4. The second-order valence-corrected chi connectivity index (χ2v) is 10.8. The van der Waals surface area contributed by atoms with E-state index < -0.39 is 0 Å². The summed E-state index contributed by atoms with van der Waals surface area (Å²) in [5.41, 5.74) is 6.82. The van der Waals surface area contributed by atoms with Gasteiger partial charge in [-0.3, -0.25) is 9.58 Å². The second-order valence-electron chi connectivity index (χ2n) is 10.4. The van der Waals surface area contributed by atoms with Gasteiger partial charge in [0.05, 0.1) is 19.9 Å². The summed E-state index contributed by atoms with van der Waals surface area (Å²) in [7, 11) is 5.38. The molecule has 1 unspecified atom stereocenters. The third kappa shape index (κ3) is 5.45. The Morgan fingerprint density at radius 3 is 2.49 bits per heavy atom. The molecule has 2 bridgehead atoms. The second kappa shape index (κ2) is 10.7. The summed E-state index contributed by atoms with van der Waals surface area (Å²) in [5.74, 6) is 2.57. The molecule has 0 saturated carbocycles. The molecule has 3 aliphatic heterocycles. The number of nitrogens with zero attached hydrogens (tertiary/aromatic N) is 3. The maximum atomic E-state index is 5.61. The van der Waals surface area contributed by atoms with E-state index in [0.29, 0.717) is 23.0 Å². The highest BCUT2D eigenvalue weighted by molar-refractivity contribution is 7.80. The van der Waals surface area contributed by atoms with E-state index in [-0.39, 0.29) is 0 Å². The fourth-order valence-corrected chi connectivity index (χ4v) is 6.28. The van der Waals surface area contributed by atoms with Crippen molar-refractivity contribution in [2.75, 3.05) is 39.2 Å². The van der Waals surface area contributed by atoms with Gasteiger partial charge in [-0.25, -0.2) is 0 Å². The van der Waals surface area contributed by atoms with Crippen LogP contribution >= 0.6 is 12.2 Å². The fraction of sp³-hybridized carbons (Fsp3) is 0.448. The standard InChI is InChI=1S/C29H37N5O2S/c1-18-10-19(2)12-22(11-18)31-29(37)30-16-23-13-20-8-9-34(23)17-24(20)26-15-25(32-33(26)3)21-6-7-27(35-4)28(14-21)36-5/h6-7,10-12,14-15,20,23-24H,8-9,13,16-17H2,1-5H3,(H2,30,31,37)/t20-,23+,24-/m0/s1. The van der Waals surface area contributed by atoms with E-state index >= 15 is 0 Å². The number of rotatable bonds is 7. The zero-order valence-corrected chi connectivity index (χ0v) is 23.2. The molecular weight excluding hydrogens is 482 g/mol. The van der Waals surface area contributed by atoms with E-state index in [4.69, 9.17) is 26.8 Å². The first kappa shape index (κ1) is 25.5. The highest BCUT2D eigenvalue weighted by Gasteiger charge is 2.41. The van der Waals surface area contributed by atoms with Gasteiger partial charge in [0.2, 0.25) is 0 Å². The number of thiocarbonyl (C=S) groups is 1. The van der Waals surface area contributed by atoms with Crippen molar-refractivity contribution >= 4 is 23.0 Å². The zero-order valence-electron chi connectivity index (χ0n) is 22.4. The minimum atomic E-state index is 0.483. The molecule has 3 fully saturated rings. The van der Waals surface area contributed by atoms with Crippen LogP contribution in [0, 0.1) is 19.8 Å². The summed E-state index contributed by atoms with van der Waals surface area (Å²) in [6, 6.07) is 15.1. The molecular formula is C29H37N5O2S. The third-order valence-corrected chi connectivity index (χ3v) is 8.08. The molecule has 4 atom stereocenters. The SMILES string of the molecule is COc1ccc(-c2cc([C@H]3CN4CC[C@H]3C[C@@H]4CNC(=S)Nc3cc(C)cc(C)c3)n(C)n2)cc1OC. The van der Waals surface area contributed by atoms with Crippen molar-refractivity contribution in [1.29, 1.82) is 0 Å². The van der Waals surface area contributed by atoms with Gasteiger partial charge in [-0.2, -0.15) is 5.10 Å². The Morgan fingerprint density at radius 1 is 1.05 bits per heavy atom. The number of nitrogens with one attached hydrogen (secondary N) is 2. The molecule has 37 heavy (non-hydrogen) atoms. The van der Waals surface area contributed by atoms with Gasteiger partial charge in [0.25, 0.3) is 0 Å². The molecule has 3 aromatic rings. The van der Waals surface area contributed by atoms with Crippen molar-refractivity contribution in [2.24, 2.45) is 13.0 Å². The van der Waals surface area contributed by atoms with Crippen molar-refractivity contribution in [2.45, 2.75) is 38.6 Å². The van der Waals surface area contributed by atoms with Crippen molar-refractivity contribution < 1.29 is 9.47 Å². The minimum absolute atomic E-state index is 0.483. The van der Waals surface area contributed by atoms with E-state index in [1.807, 2.05) is 18.2 Å². The number of methoxy groups -OCH3 is 2. The van der Waals surface area contributed by atoms with E-state index in [1.165, 1.54) is 29.7 Å². The van der Waals surface area contributed by atoms with Gasteiger partial charge >= 0.3 is 0 Å². The Labute approximate surface area is 225 Å². The van der Waals surface area contributed by atoms with Crippen LogP contribution in [0.1, 0.15) is 35.6 Å². The molecule has 4 heterocycles. The Morgan fingerprint density at radius 2 is 1.81 bits per heavy atom. The van der Waals surface area contributed by atoms with Crippen LogP contribution in [0.2, 0.25) is 0 Å². The summed E-state index contributed by atoms with van der Waals surface area (Å²) < 4.78 is 13.0. The summed E-state index contributed by atoms with van der Waals surface area (Å²) in [6.45, 7) is 7.28. The normalized spacial score (nSPS) is 22.5. The molecule has 2 N–H and O–H groups in total. The number of fused-ring (bicyclic) bond motifs is 3. The van der Waals surface area contributed by atoms with Gasteiger partial charge in [-0.15, -0.1) is 0 Å². The number of piperidine rings is 3. The van der Waals surface area contributed by atoms with E-state index in [9.17, 15) is 0 Å². The van der Waals surface area contributed by atoms with Crippen LogP contribution in [0.5, 0.6) is 11.5 Å². The summed E-state index contributed by atoms with van der Waals surface area (Å²) in [6.07, 6.45) is 2.39. The quantitative estimate of drug-likeness (QED) is 0.431. The molecule has 0 amide bonds. The van der Waals surface area contributed by atoms with Crippen LogP contribution in [-0.2, 0) is 7.05 Å². The van der Waals surface area contributed by atoms with Crippen molar-refractivity contribution in [1.82, 2.24) is 20.0 Å². The molecule has 0 spiro atoms. The van der Waals surface area contributed by atoms with Crippen molar-refractivity contribution in [3.63, 3.8) is 0 Å². The van der Waals surface area contributed by atoms with Crippen molar-refractivity contribution in [3.8, 4) is 22.8 Å². The van der Waals surface area contributed by atoms with Gasteiger partial charge < -0.3 is 20.1 Å². The average Bonchev–Trinajstić information content (AvgIpc) is 3.28. The molecule has 196 valence electrons. The van der Waals surface area contributed by atoms with Crippen LogP contribution in [0.3, 0.4) is 0 Å². The molecule has 0 aliphatic carbocycles. The Bertz CT molecular complexity index is 1270. The lowest BCUT2D eigenvalue weighted by Crippen LogP contribution is -2.56. The highest BCUT2D eigenvalue weighted by Crippen LogP contribution is 2.42. The van der Waals surface area contributed by atoms with Crippen LogP contribution in [0.4, 0.5) is 5.69 Å². The Hall–Kier alpha value is -3.10. The number of hydrogen-bond acceptors (Lipinski definition) is 5. The average molecular weight is 520 g/mol. The first-order valence-electron chi connectivity index (χ1n) is 13.0.